The maximum absolute atomic E-state index is 13.2. The van der Waals surface area contributed by atoms with E-state index in [9.17, 15) is 9.59 Å². The molecule has 27 heavy (non-hydrogen) atoms. The van der Waals surface area contributed by atoms with E-state index in [2.05, 4.69) is 5.32 Å². The lowest BCUT2D eigenvalue weighted by atomic mass is 10.1. The van der Waals surface area contributed by atoms with Crippen molar-refractivity contribution in [2.45, 2.75) is 69.4 Å². The number of carbonyl (C=O) groups is 1. The van der Waals surface area contributed by atoms with Gasteiger partial charge in [-0.05, 0) is 52.5 Å². The van der Waals surface area contributed by atoms with E-state index in [4.69, 9.17) is 9.72 Å². The molecule has 0 spiro atoms. The molecule has 1 N–H and O–H groups in total. The zero-order chi connectivity index (χ0) is 19.8. The van der Waals surface area contributed by atoms with Gasteiger partial charge in [-0.2, -0.15) is 0 Å². The molecule has 1 aliphatic rings. The molecule has 1 atom stereocenters. The van der Waals surface area contributed by atoms with Crippen LogP contribution in [0.5, 0.6) is 0 Å². The molecule has 2 heterocycles. The number of fused-ring (bicyclic) bond motifs is 3. The molecule has 2 aromatic heterocycles. The van der Waals surface area contributed by atoms with Gasteiger partial charge in [0.2, 0.25) is 5.91 Å². The van der Waals surface area contributed by atoms with E-state index in [0.29, 0.717) is 18.3 Å². The summed E-state index contributed by atoms with van der Waals surface area (Å²) in [5.74, 6) is -0.0613. The molecule has 6 nitrogen and oxygen atoms in total. The minimum absolute atomic E-state index is 0.0117. The Hall–Kier alpha value is -1.38. The summed E-state index contributed by atoms with van der Waals surface area (Å²) in [6.45, 7) is 8.56. The van der Waals surface area contributed by atoms with Crippen molar-refractivity contribution < 1.29 is 9.53 Å². The number of methoxy groups -OCH3 is 1. The Morgan fingerprint density at radius 2 is 2.15 bits per heavy atom. The third-order valence-corrected chi connectivity index (χ3v) is 6.73. The van der Waals surface area contributed by atoms with Gasteiger partial charge in [-0.3, -0.25) is 14.2 Å². The van der Waals surface area contributed by atoms with Crippen LogP contribution < -0.4 is 10.9 Å². The second kappa shape index (κ2) is 7.93. The first-order valence-corrected chi connectivity index (χ1v) is 10.9. The summed E-state index contributed by atoms with van der Waals surface area (Å²) in [6.07, 6.45) is 3.09. The van der Waals surface area contributed by atoms with Gasteiger partial charge in [0, 0.05) is 17.5 Å². The number of amides is 1. The lowest BCUT2D eigenvalue weighted by Gasteiger charge is -2.23. The summed E-state index contributed by atoms with van der Waals surface area (Å²) >= 11 is 2.95. The molecule has 148 valence electrons. The normalized spacial score (nSPS) is 15.1. The Bertz CT molecular complexity index is 912. The monoisotopic (exact) mass is 409 g/mol. The third-order valence-electron chi connectivity index (χ3n) is 4.46. The molecule has 0 aromatic carbocycles. The molecule has 0 aliphatic heterocycles. The number of hydrogen-bond donors (Lipinski definition) is 1. The van der Waals surface area contributed by atoms with Gasteiger partial charge < -0.3 is 10.1 Å². The molecule has 0 saturated carbocycles. The molecule has 1 aliphatic carbocycles. The van der Waals surface area contributed by atoms with Crippen LogP contribution in [0.1, 0.15) is 44.6 Å². The number of carbonyl (C=O) groups excluding carboxylic acids is 1. The summed E-state index contributed by atoms with van der Waals surface area (Å²) < 4.78 is 6.86. The van der Waals surface area contributed by atoms with E-state index >= 15 is 0 Å². The van der Waals surface area contributed by atoms with Crippen molar-refractivity contribution in [1.82, 2.24) is 14.9 Å². The predicted molar refractivity (Wildman–Crippen MR) is 111 cm³/mol. The van der Waals surface area contributed by atoms with Gasteiger partial charge in [-0.25, -0.2) is 4.98 Å². The fourth-order valence-corrected chi connectivity index (χ4v) is 5.45. The number of aromatic nitrogens is 2. The highest BCUT2D eigenvalue weighted by Crippen LogP contribution is 2.36. The van der Waals surface area contributed by atoms with Crippen LogP contribution in [0, 0.1) is 0 Å². The van der Waals surface area contributed by atoms with Crippen molar-refractivity contribution in [3.63, 3.8) is 0 Å². The Kier molecular flexibility index (Phi) is 5.98. The molecule has 2 aromatic rings. The van der Waals surface area contributed by atoms with Gasteiger partial charge in [0.25, 0.3) is 5.56 Å². The maximum atomic E-state index is 13.2. The molecular weight excluding hydrogens is 382 g/mol. The average Bonchev–Trinajstić information content (AvgIpc) is 3.13. The van der Waals surface area contributed by atoms with Crippen LogP contribution in [-0.2, 0) is 28.9 Å². The quantitative estimate of drug-likeness (QED) is 0.586. The van der Waals surface area contributed by atoms with E-state index in [1.54, 1.807) is 23.0 Å². The minimum atomic E-state index is -0.353. The van der Waals surface area contributed by atoms with Gasteiger partial charge in [-0.15, -0.1) is 11.3 Å². The number of hydrogen-bond acceptors (Lipinski definition) is 6. The smallest absolute Gasteiger partial charge is 0.263 e. The third kappa shape index (κ3) is 4.38. The van der Waals surface area contributed by atoms with E-state index < -0.39 is 0 Å². The van der Waals surface area contributed by atoms with Crippen LogP contribution in [0.3, 0.4) is 0 Å². The molecule has 0 bridgehead atoms. The topological polar surface area (TPSA) is 73.2 Å². The van der Waals surface area contributed by atoms with Gasteiger partial charge in [-0.1, -0.05) is 11.8 Å². The summed E-state index contributed by atoms with van der Waals surface area (Å²) in [7, 11) is 1.62. The molecule has 1 amide bonds. The van der Waals surface area contributed by atoms with Crippen LogP contribution >= 0.6 is 23.1 Å². The standard InChI is InChI=1S/C19H27N3O3S2/c1-11(15(23)21-19(2,3)4)26-18-20-16-14(12-7-6-8-13(12)27-16)17(24)22(18)9-10-25-5/h11H,6-10H2,1-5H3,(H,21,23)/t11-/m1/s1. The fraction of sp³-hybridized carbons (Fsp3) is 0.632. The largest absolute Gasteiger partial charge is 0.383 e. The predicted octanol–water partition coefficient (Wildman–Crippen LogP) is 2.99. The SMILES string of the molecule is COCCn1c(S[C@H](C)C(=O)NC(C)(C)C)nc2sc3c(c2c1=O)CCC3. The first-order valence-electron chi connectivity index (χ1n) is 9.24. The van der Waals surface area contributed by atoms with Gasteiger partial charge >= 0.3 is 0 Å². The Morgan fingerprint density at radius 3 is 2.81 bits per heavy atom. The first-order chi connectivity index (χ1) is 12.7. The lowest BCUT2D eigenvalue weighted by molar-refractivity contribution is -0.121. The van der Waals surface area contributed by atoms with Crippen molar-refractivity contribution in [3.8, 4) is 0 Å². The first kappa shape index (κ1) is 20.4. The maximum Gasteiger partial charge on any atom is 0.263 e. The highest BCUT2D eigenvalue weighted by molar-refractivity contribution is 8.00. The van der Waals surface area contributed by atoms with Crippen LogP contribution in [0.15, 0.2) is 9.95 Å². The van der Waals surface area contributed by atoms with Gasteiger partial charge in [0.05, 0.1) is 23.8 Å². The minimum Gasteiger partial charge on any atom is -0.383 e. The number of ether oxygens (including phenoxy) is 1. The van der Waals surface area contributed by atoms with E-state index in [-0.39, 0.29) is 22.3 Å². The summed E-state index contributed by atoms with van der Waals surface area (Å²) in [5.41, 5.74) is 0.865. The van der Waals surface area contributed by atoms with Crippen LogP contribution in [0.25, 0.3) is 10.2 Å². The molecular formula is C19H27N3O3S2. The van der Waals surface area contributed by atoms with E-state index in [1.807, 2.05) is 27.7 Å². The number of thioether (sulfide) groups is 1. The number of nitrogens with one attached hydrogen (secondary N) is 1. The average molecular weight is 410 g/mol. The summed E-state index contributed by atoms with van der Waals surface area (Å²) in [4.78, 5) is 32.6. The molecule has 3 rings (SSSR count). The van der Waals surface area contributed by atoms with Crippen molar-refractivity contribution in [2.75, 3.05) is 13.7 Å². The lowest BCUT2D eigenvalue weighted by Crippen LogP contribution is -2.44. The number of nitrogens with zero attached hydrogens (tertiary/aromatic N) is 2. The molecule has 8 heteroatoms. The Balaban J connectivity index is 1.98. The molecule has 0 radical (unpaired) electrons. The van der Waals surface area contributed by atoms with Gasteiger partial charge in [0.1, 0.15) is 4.83 Å². The Morgan fingerprint density at radius 1 is 1.41 bits per heavy atom. The van der Waals surface area contributed by atoms with Crippen molar-refractivity contribution in [3.05, 3.63) is 20.8 Å². The number of rotatable bonds is 6. The van der Waals surface area contributed by atoms with Gasteiger partial charge in [0.15, 0.2) is 5.16 Å². The number of thiophene rings is 1. The fourth-order valence-electron chi connectivity index (χ4n) is 3.21. The zero-order valence-electron chi connectivity index (χ0n) is 16.5. The Labute approximate surface area is 167 Å². The van der Waals surface area contributed by atoms with E-state index in [0.717, 1.165) is 29.5 Å². The van der Waals surface area contributed by atoms with Crippen molar-refractivity contribution >= 4 is 39.2 Å². The van der Waals surface area contributed by atoms with Crippen molar-refractivity contribution in [1.29, 1.82) is 0 Å². The summed E-state index contributed by atoms with van der Waals surface area (Å²) in [5, 5.41) is 3.98. The van der Waals surface area contributed by atoms with Crippen LogP contribution in [0.2, 0.25) is 0 Å². The molecule has 0 fully saturated rings. The highest BCUT2D eigenvalue weighted by atomic mass is 32.2. The van der Waals surface area contributed by atoms with Crippen LogP contribution in [-0.4, -0.2) is 40.0 Å². The highest BCUT2D eigenvalue weighted by Gasteiger charge is 2.26. The number of aryl methyl sites for hydroxylation is 2. The van der Waals surface area contributed by atoms with E-state index in [1.165, 1.54) is 22.2 Å². The zero-order valence-corrected chi connectivity index (χ0v) is 18.2. The van der Waals surface area contributed by atoms with Crippen molar-refractivity contribution in [2.24, 2.45) is 0 Å². The summed E-state index contributed by atoms with van der Waals surface area (Å²) in [6, 6.07) is 0. The second-order valence-electron chi connectivity index (χ2n) is 7.88. The molecule has 0 saturated heterocycles. The molecule has 0 unspecified atom stereocenters. The van der Waals surface area contributed by atoms with Crippen LogP contribution in [0.4, 0.5) is 0 Å². The second-order valence-corrected chi connectivity index (χ2v) is 10.3.